The van der Waals surface area contributed by atoms with E-state index < -0.39 is 17.8 Å². The number of amides is 2. The van der Waals surface area contributed by atoms with Crippen LogP contribution in [0.1, 0.15) is 47.5 Å². The predicted octanol–water partition coefficient (Wildman–Crippen LogP) is 5.86. The molecule has 0 aromatic heterocycles. The van der Waals surface area contributed by atoms with Crippen LogP contribution in [0.5, 0.6) is 5.75 Å². The van der Waals surface area contributed by atoms with Gasteiger partial charge in [-0.15, -0.1) is 0 Å². The molecule has 33 heavy (non-hydrogen) atoms. The van der Waals surface area contributed by atoms with Gasteiger partial charge in [0.2, 0.25) is 5.91 Å². The van der Waals surface area contributed by atoms with Crippen molar-refractivity contribution in [1.29, 1.82) is 0 Å². The number of ether oxygens (including phenoxy) is 3. The zero-order valence-electron chi connectivity index (χ0n) is 20.3. The van der Waals surface area contributed by atoms with Crippen molar-refractivity contribution in [2.45, 2.75) is 53.8 Å². The molecule has 180 valence electrons. The maximum Gasteiger partial charge on any atom is 0.419 e. The van der Waals surface area contributed by atoms with Crippen LogP contribution in [0, 0.1) is 5.41 Å². The average molecular weight is 457 g/mol. The van der Waals surface area contributed by atoms with Crippen LogP contribution in [0.3, 0.4) is 0 Å². The third-order valence-electron chi connectivity index (χ3n) is 5.11. The number of carbonyl (C=O) groups excluding carboxylic acids is 2. The normalized spacial score (nSPS) is 11.3. The van der Waals surface area contributed by atoms with Gasteiger partial charge in [0.05, 0.1) is 6.54 Å². The van der Waals surface area contributed by atoms with Crippen LogP contribution in [-0.4, -0.2) is 38.0 Å². The van der Waals surface area contributed by atoms with Crippen molar-refractivity contribution in [2.75, 3.05) is 30.0 Å². The largest absolute Gasteiger partial charge is 0.419 e. The van der Waals surface area contributed by atoms with E-state index in [2.05, 4.69) is 12.2 Å². The summed E-state index contributed by atoms with van der Waals surface area (Å²) >= 11 is 0. The molecule has 0 fully saturated rings. The molecule has 2 aromatic rings. The highest BCUT2D eigenvalue weighted by atomic mass is 16.7. The second-order valence-corrected chi connectivity index (χ2v) is 8.27. The second-order valence-electron chi connectivity index (χ2n) is 8.27. The van der Waals surface area contributed by atoms with E-state index >= 15 is 0 Å². The maximum absolute atomic E-state index is 13.1. The predicted molar refractivity (Wildman–Crippen MR) is 131 cm³/mol. The number of anilines is 2. The molecular formula is C26H36N2O5. The summed E-state index contributed by atoms with van der Waals surface area (Å²) in [6, 6.07) is 16.0. The van der Waals surface area contributed by atoms with Crippen LogP contribution < -0.4 is 15.0 Å². The molecule has 7 heteroatoms. The molecule has 0 saturated heterocycles. The van der Waals surface area contributed by atoms with E-state index in [1.807, 2.05) is 58.0 Å². The zero-order valence-corrected chi connectivity index (χ0v) is 20.3. The summed E-state index contributed by atoms with van der Waals surface area (Å²) in [5.41, 5.74) is 0.749. The Balaban J connectivity index is 2.18. The highest BCUT2D eigenvalue weighted by molar-refractivity contribution is 5.95. The molecule has 0 saturated carbocycles. The summed E-state index contributed by atoms with van der Waals surface area (Å²) in [4.78, 5) is 27.3. The summed E-state index contributed by atoms with van der Waals surface area (Å²) in [7, 11) is 0. The Morgan fingerprint density at radius 3 is 2.24 bits per heavy atom. The first-order chi connectivity index (χ1) is 15.8. The summed E-state index contributed by atoms with van der Waals surface area (Å²) < 4.78 is 16.9. The Labute approximate surface area is 197 Å². The minimum absolute atomic E-state index is 0.0741. The lowest BCUT2D eigenvalue weighted by Gasteiger charge is -2.27. The quantitative estimate of drug-likeness (QED) is 0.405. The number of hydrogen-bond acceptors (Lipinski definition) is 5. The highest BCUT2D eigenvalue weighted by Gasteiger charge is 2.27. The van der Waals surface area contributed by atoms with Gasteiger partial charge in [0.15, 0.2) is 6.29 Å². The van der Waals surface area contributed by atoms with Gasteiger partial charge >= 0.3 is 6.09 Å². The Morgan fingerprint density at radius 1 is 0.970 bits per heavy atom. The Hall–Kier alpha value is -2.90. The topological polar surface area (TPSA) is 77.1 Å². The number of benzene rings is 2. The number of nitrogens with one attached hydrogen (secondary N) is 1. The van der Waals surface area contributed by atoms with E-state index in [9.17, 15) is 9.59 Å². The summed E-state index contributed by atoms with van der Waals surface area (Å²) in [5.74, 6) is 0.256. The molecule has 2 aromatic carbocycles. The van der Waals surface area contributed by atoms with Crippen LogP contribution in [0.2, 0.25) is 0 Å². The standard InChI is InChI=1S/C26H36N2O5/c1-6-17-26(4,5)24(29)27-20-13-12-16-22(18-20)33-25(30)28(21-14-10-9-11-15-21)19-23(31-7-2)32-8-3/h9-16,18,23H,6-8,17,19H2,1-5H3,(H,27,29). The fourth-order valence-electron chi connectivity index (χ4n) is 3.40. The maximum atomic E-state index is 13.1. The van der Waals surface area contributed by atoms with Crippen molar-refractivity contribution >= 4 is 23.4 Å². The minimum Gasteiger partial charge on any atom is -0.410 e. The molecule has 0 aliphatic carbocycles. The van der Waals surface area contributed by atoms with Gasteiger partial charge in [-0.05, 0) is 44.5 Å². The number of rotatable bonds is 12. The molecule has 2 amide bonds. The Kier molecular flexibility index (Phi) is 10.4. The van der Waals surface area contributed by atoms with Crippen molar-refractivity contribution < 1.29 is 23.8 Å². The van der Waals surface area contributed by atoms with Crippen molar-refractivity contribution in [3.05, 3.63) is 54.6 Å². The van der Waals surface area contributed by atoms with E-state index in [0.717, 1.165) is 12.8 Å². The van der Waals surface area contributed by atoms with Crippen LogP contribution in [0.15, 0.2) is 54.6 Å². The smallest absolute Gasteiger partial charge is 0.410 e. The van der Waals surface area contributed by atoms with Gasteiger partial charge in [0.25, 0.3) is 0 Å². The van der Waals surface area contributed by atoms with Crippen molar-refractivity contribution in [2.24, 2.45) is 5.41 Å². The monoisotopic (exact) mass is 456 g/mol. The molecule has 0 spiro atoms. The highest BCUT2D eigenvalue weighted by Crippen LogP contribution is 2.26. The molecule has 0 aliphatic rings. The van der Waals surface area contributed by atoms with Gasteiger partial charge < -0.3 is 19.5 Å². The van der Waals surface area contributed by atoms with E-state index in [0.29, 0.717) is 30.3 Å². The molecule has 2 rings (SSSR count). The first-order valence-corrected chi connectivity index (χ1v) is 11.5. The molecule has 0 unspecified atom stereocenters. The summed E-state index contributed by atoms with van der Waals surface area (Å²) in [5, 5.41) is 2.92. The number of para-hydroxylation sites is 1. The Morgan fingerprint density at radius 2 is 1.64 bits per heavy atom. The van der Waals surface area contributed by atoms with Crippen LogP contribution >= 0.6 is 0 Å². The average Bonchev–Trinajstić information content (AvgIpc) is 2.78. The van der Waals surface area contributed by atoms with Gasteiger partial charge in [0.1, 0.15) is 5.75 Å². The van der Waals surface area contributed by atoms with Gasteiger partial charge in [-0.2, -0.15) is 0 Å². The molecular weight excluding hydrogens is 420 g/mol. The molecule has 0 bridgehead atoms. The molecule has 0 heterocycles. The second kappa shape index (κ2) is 13.0. The molecule has 0 aliphatic heterocycles. The van der Waals surface area contributed by atoms with Crippen molar-refractivity contribution in [3.63, 3.8) is 0 Å². The van der Waals surface area contributed by atoms with E-state index in [-0.39, 0.29) is 12.5 Å². The third-order valence-corrected chi connectivity index (χ3v) is 5.11. The van der Waals surface area contributed by atoms with Crippen LogP contribution in [0.25, 0.3) is 0 Å². The van der Waals surface area contributed by atoms with Gasteiger partial charge in [-0.25, -0.2) is 4.79 Å². The molecule has 0 atom stereocenters. The molecule has 1 N–H and O–H groups in total. The Bertz CT molecular complexity index is 879. The van der Waals surface area contributed by atoms with Crippen LogP contribution in [-0.2, 0) is 14.3 Å². The number of carbonyl (C=O) groups is 2. The van der Waals surface area contributed by atoms with E-state index in [1.165, 1.54) is 4.90 Å². The fraction of sp³-hybridized carbons (Fsp3) is 0.462. The lowest BCUT2D eigenvalue weighted by molar-refractivity contribution is -0.129. The first-order valence-electron chi connectivity index (χ1n) is 11.5. The lowest BCUT2D eigenvalue weighted by atomic mass is 9.87. The first kappa shape index (κ1) is 26.4. The SMILES string of the molecule is CCCC(C)(C)C(=O)Nc1cccc(OC(=O)N(CC(OCC)OCC)c2ccccc2)c1. The number of hydrogen-bond donors (Lipinski definition) is 1. The molecule has 7 nitrogen and oxygen atoms in total. The van der Waals surface area contributed by atoms with E-state index in [4.69, 9.17) is 14.2 Å². The van der Waals surface area contributed by atoms with Gasteiger partial charge in [-0.3, -0.25) is 9.69 Å². The van der Waals surface area contributed by atoms with Gasteiger partial charge in [0, 0.05) is 36.1 Å². The van der Waals surface area contributed by atoms with Crippen molar-refractivity contribution in [1.82, 2.24) is 0 Å². The van der Waals surface area contributed by atoms with Crippen molar-refractivity contribution in [3.8, 4) is 5.75 Å². The summed E-state index contributed by atoms with van der Waals surface area (Å²) in [6.07, 6.45) is 0.540. The van der Waals surface area contributed by atoms with Crippen LogP contribution in [0.4, 0.5) is 16.2 Å². The van der Waals surface area contributed by atoms with Gasteiger partial charge in [-0.1, -0.05) is 51.5 Å². The zero-order chi connectivity index (χ0) is 24.3. The minimum atomic E-state index is -0.584. The fourth-order valence-corrected chi connectivity index (χ4v) is 3.40. The summed E-state index contributed by atoms with van der Waals surface area (Å²) in [6.45, 7) is 10.7. The number of nitrogens with zero attached hydrogens (tertiary/aromatic N) is 1. The molecule has 0 radical (unpaired) electrons. The van der Waals surface area contributed by atoms with E-state index in [1.54, 1.807) is 24.3 Å². The third kappa shape index (κ3) is 8.18. The lowest BCUT2D eigenvalue weighted by Crippen LogP contribution is -2.41.